The molecule has 0 saturated carbocycles. The van der Waals surface area contributed by atoms with Gasteiger partial charge in [-0.05, 0) is 42.8 Å². The van der Waals surface area contributed by atoms with Gasteiger partial charge in [-0.3, -0.25) is 14.6 Å². The second-order valence-corrected chi connectivity index (χ2v) is 5.07. The first-order valence-electron chi connectivity index (χ1n) is 5.81. The number of anilines is 1. The summed E-state index contributed by atoms with van der Waals surface area (Å²) in [5, 5.41) is 2.70. The fourth-order valence-corrected chi connectivity index (χ4v) is 1.86. The van der Waals surface area contributed by atoms with Gasteiger partial charge in [0.2, 0.25) is 5.91 Å². The third kappa shape index (κ3) is 3.21. The molecule has 0 aliphatic carbocycles. The lowest BCUT2D eigenvalue weighted by Gasteiger charge is -2.06. The molecule has 1 aromatic heterocycles. The normalized spacial score (nSPS) is 10.1. The average Bonchev–Trinajstić information content (AvgIpc) is 2.42. The molecular weight excluding hydrogens is 322 g/mol. The first kappa shape index (κ1) is 14.2. The summed E-state index contributed by atoms with van der Waals surface area (Å²) >= 11 is 3.35. The van der Waals surface area contributed by atoms with E-state index in [2.05, 4.69) is 26.2 Å². The highest BCUT2D eigenvalue weighted by molar-refractivity contribution is 9.10. The van der Waals surface area contributed by atoms with Gasteiger partial charge in [-0.1, -0.05) is 15.9 Å². The number of carbonyl (C=O) groups excluding carboxylic acids is 2. The summed E-state index contributed by atoms with van der Waals surface area (Å²) in [7, 11) is 0. The van der Waals surface area contributed by atoms with Crippen LogP contribution in [-0.2, 0) is 0 Å². The van der Waals surface area contributed by atoms with E-state index < -0.39 is 5.91 Å². The number of aromatic nitrogens is 1. The molecule has 0 unspecified atom stereocenters. The molecule has 3 N–H and O–H groups in total. The van der Waals surface area contributed by atoms with Crippen LogP contribution in [0, 0.1) is 6.92 Å². The number of hydrogen-bond donors (Lipinski definition) is 2. The number of pyridine rings is 1. The molecule has 0 atom stereocenters. The van der Waals surface area contributed by atoms with E-state index in [4.69, 9.17) is 5.73 Å². The summed E-state index contributed by atoms with van der Waals surface area (Å²) in [6.45, 7) is 1.89. The maximum absolute atomic E-state index is 12.0. The summed E-state index contributed by atoms with van der Waals surface area (Å²) < 4.78 is 0.821. The Morgan fingerprint density at radius 1 is 1.25 bits per heavy atom. The molecule has 5 nitrogen and oxygen atoms in total. The molecule has 2 amide bonds. The van der Waals surface area contributed by atoms with Gasteiger partial charge in [-0.15, -0.1) is 0 Å². The van der Waals surface area contributed by atoms with Crippen molar-refractivity contribution in [2.75, 3.05) is 5.32 Å². The molecule has 2 rings (SSSR count). The fourth-order valence-electron chi connectivity index (χ4n) is 1.54. The van der Waals surface area contributed by atoms with E-state index in [0.29, 0.717) is 16.9 Å². The molecule has 0 spiro atoms. The van der Waals surface area contributed by atoms with Crippen molar-refractivity contribution in [1.29, 1.82) is 0 Å². The second-order valence-electron chi connectivity index (χ2n) is 4.21. The number of carbonyl (C=O) groups is 2. The summed E-state index contributed by atoms with van der Waals surface area (Å²) in [6, 6.07) is 7.98. The first-order chi connectivity index (χ1) is 9.47. The van der Waals surface area contributed by atoms with Crippen LogP contribution < -0.4 is 11.1 Å². The van der Waals surface area contributed by atoms with Gasteiger partial charge in [0, 0.05) is 21.9 Å². The predicted molar refractivity (Wildman–Crippen MR) is 79.6 cm³/mol. The summed E-state index contributed by atoms with van der Waals surface area (Å²) in [4.78, 5) is 27.0. The smallest absolute Gasteiger partial charge is 0.274 e. The van der Waals surface area contributed by atoms with E-state index in [1.54, 1.807) is 36.5 Å². The van der Waals surface area contributed by atoms with Crippen molar-refractivity contribution < 1.29 is 9.59 Å². The zero-order valence-corrected chi connectivity index (χ0v) is 12.3. The lowest BCUT2D eigenvalue weighted by Crippen LogP contribution is -2.14. The Balaban J connectivity index is 2.14. The number of hydrogen-bond acceptors (Lipinski definition) is 3. The molecule has 1 aromatic carbocycles. The third-order valence-corrected chi connectivity index (χ3v) is 3.55. The zero-order chi connectivity index (χ0) is 14.7. The van der Waals surface area contributed by atoms with Gasteiger partial charge in [-0.25, -0.2) is 0 Å². The highest BCUT2D eigenvalue weighted by Gasteiger charge is 2.09. The quantitative estimate of drug-likeness (QED) is 0.904. The number of aryl methyl sites for hydroxylation is 1. The van der Waals surface area contributed by atoms with Crippen LogP contribution >= 0.6 is 15.9 Å². The van der Waals surface area contributed by atoms with Crippen molar-refractivity contribution in [1.82, 2.24) is 4.98 Å². The van der Waals surface area contributed by atoms with Crippen LogP contribution in [0.1, 0.15) is 26.4 Å². The number of benzene rings is 1. The van der Waals surface area contributed by atoms with Crippen molar-refractivity contribution in [2.45, 2.75) is 6.92 Å². The van der Waals surface area contributed by atoms with E-state index in [1.165, 1.54) is 0 Å². The van der Waals surface area contributed by atoms with Gasteiger partial charge in [0.1, 0.15) is 5.69 Å². The predicted octanol–water partition coefficient (Wildman–Crippen LogP) is 2.50. The Labute approximate surface area is 124 Å². The molecule has 20 heavy (non-hydrogen) atoms. The van der Waals surface area contributed by atoms with Crippen LogP contribution in [0.3, 0.4) is 0 Å². The summed E-state index contributed by atoms with van der Waals surface area (Å²) in [5.74, 6) is -0.829. The lowest BCUT2D eigenvalue weighted by atomic mass is 10.2. The number of nitrogens with zero attached hydrogens (tertiary/aromatic N) is 1. The number of rotatable bonds is 3. The van der Waals surface area contributed by atoms with Gasteiger partial charge in [0.05, 0.1) is 0 Å². The SMILES string of the molecule is Cc1cnc(C(=O)Nc2ccc(C(N)=O)cc2)cc1Br. The van der Waals surface area contributed by atoms with Crippen LogP contribution in [0.15, 0.2) is 41.0 Å². The summed E-state index contributed by atoms with van der Waals surface area (Å²) in [5.41, 5.74) is 7.36. The molecule has 102 valence electrons. The average molecular weight is 334 g/mol. The minimum atomic E-state index is -0.507. The number of halogens is 1. The molecule has 0 aliphatic heterocycles. The molecule has 1 heterocycles. The first-order valence-corrected chi connectivity index (χ1v) is 6.60. The van der Waals surface area contributed by atoms with Crippen molar-refractivity contribution in [2.24, 2.45) is 5.73 Å². The molecule has 6 heteroatoms. The van der Waals surface area contributed by atoms with Gasteiger partial charge < -0.3 is 11.1 Å². The third-order valence-electron chi connectivity index (χ3n) is 2.70. The zero-order valence-electron chi connectivity index (χ0n) is 10.7. The minimum Gasteiger partial charge on any atom is -0.366 e. The number of amides is 2. The van der Waals surface area contributed by atoms with Crippen LogP contribution in [0.25, 0.3) is 0 Å². The standard InChI is InChI=1S/C14H12BrN3O2/c1-8-7-17-12(6-11(8)15)14(20)18-10-4-2-9(3-5-10)13(16)19/h2-7H,1H3,(H2,16,19)(H,18,20). The van der Waals surface area contributed by atoms with Gasteiger partial charge in [0.25, 0.3) is 5.91 Å². The van der Waals surface area contributed by atoms with E-state index in [9.17, 15) is 9.59 Å². The monoisotopic (exact) mass is 333 g/mol. The van der Waals surface area contributed by atoms with Crippen LogP contribution in [0.4, 0.5) is 5.69 Å². The van der Waals surface area contributed by atoms with Crippen molar-refractivity contribution in [3.05, 3.63) is 57.8 Å². The lowest BCUT2D eigenvalue weighted by molar-refractivity contribution is 0.0998. The second kappa shape index (κ2) is 5.83. The topological polar surface area (TPSA) is 85.1 Å². The molecule has 0 radical (unpaired) electrons. The van der Waals surface area contributed by atoms with Crippen molar-refractivity contribution in [3.63, 3.8) is 0 Å². The number of primary amides is 1. The van der Waals surface area contributed by atoms with Crippen molar-refractivity contribution in [3.8, 4) is 0 Å². The van der Waals surface area contributed by atoms with E-state index in [0.717, 1.165) is 10.0 Å². The van der Waals surface area contributed by atoms with Crippen LogP contribution in [0.2, 0.25) is 0 Å². The molecule has 0 aliphatic rings. The molecular formula is C14H12BrN3O2. The summed E-state index contributed by atoms with van der Waals surface area (Å²) in [6.07, 6.45) is 1.62. The van der Waals surface area contributed by atoms with Gasteiger partial charge in [0.15, 0.2) is 0 Å². The molecule has 0 fully saturated rings. The van der Waals surface area contributed by atoms with Crippen LogP contribution in [-0.4, -0.2) is 16.8 Å². The highest BCUT2D eigenvalue weighted by Crippen LogP contribution is 2.16. The molecule has 2 aromatic rings. The van der Waals surface area contributed by atoms with Crippen molar-refractivity contribution >= 4 is 33.4 Å². The maximum Gasteiger partial charge on any atom is 0.274 e. The Morgan fingerprint density at radius 2 is 1.90 bits per heavy atom. The Kier molecular flexibility index (Phi) is 4.14. The number of nitrogens with one attached hydrogen (secondary N) is 1. The van der Waals surface area contributed by atoms with Crippen LogP contribution in [0.5, 0.6) is 0 Å². The molecule has 0 bridgehead atoms. The number of nitrogens with two attached hydrogens (primary N) is 1. The maximum atomic E-state index is 12.0. The minimum absolute atomic E-state index is 0.307. The Hall–Kier alpha value is -2.21. The van der Waals surface area contributed by atoms with Gasteiger partial charge >= 0.3 is 0 Å². The Bertz CT molecular complexity index is 669. The molecule has 0 saturated heterocycles. The largest absolute Gasteiger partial charge is 0.366 e. The fraction of sp³-hybridized carbons (Fsp3) is 0.0714. The van der Waals surface area contributed by atoms with E-state index >= 15 is 0 Å². The van der Waals surface area contributed by atoms with E-state index in [1.807, 2.05) is 6.92 Å². The van der Waals surface area contributed by atoms with E-state index in [-0.39, 0.29) is 5.91 Å². The Morgan fingerprint density at radius 3 is 2.45 bits per heavy atom. The van der Waals surface area contributed by atoms with Gasteiger partial charge in [-0.2, -0.15) is 0 Å². The highest BCUT2D eigenvalue weighted by atomic mass is 79.9.